The van der Waals surface area contributed by atoms with Gasteiger partial charge in [-0.2, -0.15) is 0 Å². The molecule has 0 aliphatic heterocycles. The Morgan fingerprint density at radius 3 is 1.59 bits per heavy atom. The molecule has 3 rings (SSSR count). The lowest BCUT2D eigenvalue weighted by Crippen LogP contribution is -2.18. The number of hydrogen-bond acceptors (Lipinski definition) is 8. The highest BCUT2D eigenvalue weighted by molar-refractivity contribution is 8.33. The molecule has 266 valence electrons. The second-order valence-corrected chi connectivity index (χ2v) is 18.2. The molecule has 1 atom stereocenters. The van der Waals surface area contributed by atoms with Crippen LogP contribution in [-0.4, -0.2) is 59.0 Å². The zero-order valence-electron chi connectivity index (χ0n) is 30.1. The molecule has 0 fully saturated rings. The van der Waals surface area contributed by atoms with Crippen LogP contribution in [0.4, 0.5) is 0 Å². The first-order valence-electron chi connectivity index (χ1n) is 16.6. The summed E-state index contributed by atoms with van der Waals surface area (Å²) in [4.78, 5) is 26.0. The molecular weight excluding hydrogens is 657 g/mol. The minimum absolute atomic E-state index is 0.276. The fourth-order valence-corrected chi connectivity index (χ4v) is 7.30. The highest BCUT2D eigenvalue weighted by Crippen LogP contribution is 2.45. The van der Waals surface area contributed by atoms with Crippen LogP contribution in [0.2, 0.25) is 0 Å². The number of carbonyl (C=O) groups is 2. The van der Waals surface area contributed by atoms with E-state index >= 15 is 0 Å². The third-order valence-corrected chi connectivity index (χ3v) is 13.4. The van der Waals surface area contributed by atoms with Gasteiger partial charge in [0, 0.05) is 12.0 Å². The Balaban J connectivity index is 1.60. The Hall–Kier alpha value is -3.66. The molecule has 0 aromatic heterocycles. The van der Waals surface area contributed by atoms with Gasteiger partial charge in [-0.1, -0.05) is 50.3 Å². The lowest BCUT2D eigenvalue weighted by atomic mass is 9.97. The molecule has 7 nitrogen and oxygen atoms in total. The van der Waals surface area contributed by atoms with Gasteiger partial charge < -0.3 is 23.5 Å². The van der Waals surface area contributed by atoms with Gasteiger partial charge in [-0.15, -0.1) is 0 Å². The first-order chi connectivity index (χ1) is 23.4. The lowest BCUT2D eigenvalue weighted by molar-refractivity contribution is 0.0715. The van der Waals surface area contributed by atoms with Crippen LogP contribution >= 0.6 is 22.1 Å². The highest BCUT2D eigenvalue weighted by Gasteiger charge is 2.24. The van der Waals surface area contributed by atoms with E-state index in [0.29, 0.717) is 28.2 Å². The number of carbonyl (C=O) groups excluding carboxylic acids is 2. The SMILES string of the molecule is CC=CC(/C=C/C)(CCCc1ccc(OC(=O)c2ccc(C(=O)Oc3ccc(CCCS(C)(C)C(C)C)cc3OC)cc2)c(OC)c1)SO. The summed E-state index contributed by atoms with van der Waals surface area (Å²) in [6.07, 6.45) is 17.0. The number of ether oxygens (including phenoxy) is 4. The standard InChI is InChI=1S/C40H52O7S2/c1-9-23-40(48-43,24-10-2)25-11-13-30-15-21-34(36(27-30)44-5)46-38(41)32-17-19-33(20-18-32)39(42)47-35-22-16-31(28-37(35)45-6)14-12-26-49(7,8)29(3)4/h9-10,15-24,27-29,43H,11-14,25-26H2,1-8H3/b23-9+,24-10?. The van der Waals surface area contributed by atoms with Crippen molar-refractivity contribution in [2.75, 3.05) is 32.5 Å². The van der Waals surface area contributed by atoms with E-state index in [1.165, 1.54) is 37.1 Å². The first kappa shape index (κ1) is 39.8. The minimum Gasteiger partial charge on any atom is -0.493 e. The molecule has 0 radical (unpaired) electrons. The number of methoxy groups -OCH3 is 2. The lowest BCUT2D eigenvalue weighted by Gasteiger charge is -2.36. The molecule has 0 aliphatic carbocycles. The second kappa shape index (κ2) is 18.9. The van der Waals surface area contributed by atoms with Crippen molar-refractivity contribution >= 4 is 34.0 Å². The maximum absolute atomic E-state index is 13.0. The van der Waals surface area contributed by atoms with Gasteiger partial charge in [0.2, 0.25) is 0 Å². The van der Waals surface area contributed by atoms with E-state index < -0.39 is 26.7 Å². The molecule has 0 aliphatic rings. The Morgan fingerprint density at radius 2 is 1.20 bits per heavy atom. The van der Waals surface area contributed by atoms with Crippen LogP contribution in [0.1, 0.15) is 78.8 Å². The Labute approximate surface area is 298 Å². The van der Waals surface area contributed by atoms with Crippen LogP contribution in [0.15, 0.2) is 85.0 Å². The summed E-state index contributed by atoms with van der Waals surface area (Å²) in [7, 11) is 2.46. The molecule has 0 saturated heterocycles. The van der Waals surface area contributed by atoms with Crippen molar-refractivity contribution in [2.45, 2.75) is 69.8 Å². The maximum Gasteiger partial charge on any atom is 0.343 e. The van der Waals surface area contributed by atoms with Crippen LogP contribution in [0.25, 0.3) is 0 Å². The summed E-state index contributed by atoms with van der Waals surface area (Å²) in [6.45, 7) is 8.47. The van der Waals surface area contributed by atoms with E-state index in [2.05, 4.69) is 26.4 Å². The summed E-state index contributed by atoms with van der Waals surface area (Å²) in [5, 5.41) is 0.692. The van der Waals surface area contributed by atoms with Crippen molar-refractivity contribution < 1.29 is 33.1 Å². The molecule has 0 heterocycles. The summed E-state index contributed by atoms with van der Waals surface area (Å²) >= 11 is 0.838. The number of rotatable bonds is 18. The quantitative estimate of drug-likeness (QED) is 0.0605. The molecule has 1 unspecified atom stereocenters. The number of aryl methyl sites for hydroxylation is 2. The van der Waals surface area contributed by atoms with E-state index in [1.54, 1.807) is 19.2 Å². The second-order valence-electron chi connectivity index (χ2n) is 12.7. The predicted molar refractivity (Wildman–Crippen MR) is 206 cm³/mol. The van der Waals surface area contributed by atoms with E-state index in [0.717, 1.165) is 55.3 Å². The Kier molecular flexibility index (Phi) is 15.4. The van der Waals surface area contributed by atoms with Gasteiger partial charge >= 0.3 is 11.9 Å². The molecule has 0 saturated carbocycles. The number of esters is 2. The number of hydrogen-bond donors (Lipinski definition) is 1. The van der Waals surface area contributed by atoms with Crippen molar-refractivity contribution in [1.29, 1.82) is 0 Å². The summed E-state index contributed by atoms with van der Waals surface area (Å²) < 4.78 is 31.9. The van der Waals surface area contributed by atoms with E-state index in [4.69, 9.17) is 18.9 Å². The van der Waals surface area contributed by atoms with E-state index in [1.807, 2.05) is 62.4 Å². The maximum atomic E-state index is 13.0. The zero-order valence-corrected chi connectivity index (χ0v) is 31.7. The third kappa shape index (κ3) is 11.4. The van der Waals surface area contributed by atoms with E-state index in [-0.39, 0.29) is 11.1 Å². The van der Waals surface area contributed by atoms with Crippen LogP contribution in [0, 0.1) is 0 Å². The van der Waals surface area contributed by atoms with Gasteiger partial charge in [0.05, 0.1) is 30.1 Å². The average Bonchev–Trinajstić information content (AvgIpc) is 3.09. The van der Waals surface area contributed by atoms with Crippen molar-refractivity contribution in [3.8, 4) is 23.0 Å². The van der Waals surface area contributed by atoms with Gasteiger partial charge in [-0.3, -0.25) is 0 Å². The highest BCUT2D eigenvalue weighted by atomic mass is 32.3. The largest absolute Gasteiger partial charge is 0.493 e. The van der Waals surface area contributed by atoms with Gasteiger partial charge in [0.15, 0.2) is 23.0 Å². The van der Waals surface area contributed by atoms with Crippen LogP contribution < -0.4 is 18.9 Å². The van der Waals surface area contributed by atoms with Crippen LogP contribution in [0.3, 0.4) is 0 Å². The molecule has 0 amide bonds. The molecule has 49 heavy (non-hydrogen) atoms. The van der Waals surface area contributed by atoms with Crippen LogP contribution in [-0.2, 0) is 12.8 Å². The molecule has 1 N–H and O–H groups in total. The van der Waals surface area contributed by atoms with Crippen molar-refractivity contribution in [1.82, 2.24) is 0 Å². The molecule has 3 aromatic carbocycles. The van der Waals surface area contributed by atoms with Crippen molar-refractivity contribution in [3.63, 3.8) is 0 Å². The number of allylic oxidation sites excluding steroid dienone is 2. The topological polar surface area (TPSA) is 91.3 Å². The van der Waals surface area contributed by atoms with Crippen molar-refractivity contribution in [3.05, 3.63) is 107 Å². The Morgan fingerprint density at radius 1 is 0.755 bits per heavy atom. The molecule has 9 heteroatoms. The fraction of sp³-hybridized carbons (Fsp3) is 0.400. The summed E-state index contributed by atoms with van der Waals surface area (Å²) in [6, 6.07) is 17.3. The predicted octanol–water partition coefficient (Wildman–Crippen LogP) is 9.97. The number of benzene rings is 3. The molecule has 0 spiro atoms. The summed E-state index contributed by atoms with van der Waals surface area (Å²) in [5.41, 5.74) is 2.72. The van der Waals surface area contributed by atoms with Crippen LogP contribution in [0.5, 0.6) is 23.0 Å². The monoisotopic (exact) mass is 708 g/mol. The van der Waals surface area contributed by atoms with Gasteiger partial charge in [-0.05, 0) is 129 Å². The summed E-state index contributed by atoms with van der Waals surface area (Å²) in [5.74, 6) is 1.64. The van der Waals surface area contributed by atoms with Gasteiger partial charge in [0.25, 0.3) is 0 Å². The fourth-order valence-electron chi connectivity index (χ4n) is 5.31. The first-order valence-corrected chi connectivity index (χ1v) is 20.0. The normalized spacial score (nSPS) is 13.4. The van der Waals surface area contributed by atoms with Gasteiger partial charge in [0.1, 0.15) is 0 Å². The molecular formula is C40H52O7S2. The smallest absolute Gasteiger partial charge is 0.343 e. The average molecular weight is 709 g/mol. The zero-order chi connectivity index (χ0) is 36.0. The molecule has 3 aromatic rings. The van der Waals surface area contributed by atoms with Gasteiger partial charge in [-0.25, -0.2) is 19.6 Å². The molecule has 0 bridgehead atoms. The third-order valence-electron chi connectivity index (χ3n) is 8.73. The van der Waals surface area contributed by atoms with E-state index in [9.17, 15) is 14.1 Å². The Bertz CT molecular complexity index is 1580. The van der Waals surface area contributed by atoms with Crippen molar-refractivity contribution in [2.24, 2.45) is 0 Å². The minimum atomic E-state index is -0.624.